The number of fused-ring (bicyclic) bond motifs is 5. The highest BCUT2D eigenvalue weighted by molar-refractivity contribution is 5.79. The van der Waals surface area contributed by atoms with E-state index in [4.69, 9.17) is 0 Å². The van der Waals surface area contributed by atoms with Crippen LogP contribution in [-0.4, -0.2) is 17.0 Å². The maximum Gasteiger partial charge on any atom is 0.133 e. The van der Waals surface area contributed by atoms with Gasteiger partial charge in [-0.1, -0.05) is 13.8 Å². The topological polar surface area (TPSA) is 37.3 Å². The van der Waals surface area contributed by atoms with Crippen LogP contribution in [0.5, 0.6) is 0 Å². The first-order chi connectivity index (χ1) is 9.95. The van der Waals surface area contributed by atoms with E-state index in [2.05, 4.69) is 13.8 Å². The maximum absolute atomic E-state index is 11.9. The average Bonchev–Trinajstić information content (AvgIpc) is 2.76. The van der Waals surface area contributed by atoms with Gasteiger partial charge in [0.2, 0.25) is 0 Å². The van der Waals surface area contributed by atoms with E-state index < -0.39 is 0 Å². The van der Waals surface area contributed by atoms with Crippen LogP contribution in [0.1, 0.15) is 71.6 Å². The van der Waals surface area contributed by atoms with Gasteiger partial charge < -0.3 is 5.11 Å². The fraction of sp³-hybridized carbons (Fsp3) is 0.947. The second-order valence-corrected chi connectivity index (χ2v) is 9.04. The van der Waals surface area contributed by atoms with E-state index in [1.807, 2.05) is 0 Å². The molecule has 0 aromatic heterocycles. The van der Waals surface area contributed by atoms with Crippen LogP contribution >= 0.6 is 0 Å². The van der Waals surface area contributed by atoms with Gasteiger partial charge in [0.25, 0.3) is 0 Å². The van der Waals surface area contributed by atoms with Gasteiger partial charge in [0, 0.05) is 12.8 Å². The predicted molar refractivity (Wildman–Crippen MR) is 82.7 cm³/mol. The second-order valence-electron chi connectivity index (χ2n) is 9.04. The molecule has 21 heavy (non-hydrogen) atoms. The van der Waals surface area contributed by atoms with Crippen molar-refractivity contribution in [3.05, 3.63) is 0 Å². The van der Waals surface area contributed by atoms with Crippen LogP contribution in [0.15, 0.2) is 0 Å². The molecule has 118 valence electrons. The highest BCUT2D eigenvalue weighted by atomic mass is 16.3. The van der Waals surface area contributed by atoms with Crippen LogP contribution in [0.25, 0.3) is 0 Å². The zero-order valence-electron chi connectivity index (χ0n) is 13.6. The van der Waals surface area contributed by atoms with Crippen molar-refractivity contribution in [3.63, 3.8) is 0 Å². The Labute approximate surface area is 128 Å². The summed E-state index contributed by atoms with van der Waals surface area (Å²) >= 11 is 0. The van der Waals surface area contributed by atoms with Crippen LogP contribution < -0.4 is 0 Å². The van der Waals surface area contributed by atoms with E-state index in [-0.39, 0.29) is 11.5 Å². The zero-order chi connectivity index (χ0) is 14.8. The van der Waals surface area contributed by atoms with Crippen molar-refractivity contribution in [3.8, 4) is 0 Å². The first-order valence-electron chi connectivity index (χ1n) is 9.15. The molecule has 0 amide bonds. The van der Waals surface area contributed by atoms with E-state index in [1.165, 1.54) is 32.1 Å². The minimum Gasteiger partial charge on any atom is -0.393 e. The van der Waals surface area contributed by atoms with E-state index >= 15 is 0 Å². The van der Waals surface area contributed by atoms with Crippen LogP contribution in [0.4, 0.5) is 0 Å². The summed E-state index contributed by atoms with van der Waals surface area (Å²) in [6, 6.07) is 0. The molecule has 0 heterocycles. The molecule has 2 heteroatoms. The highest BCUT2D eigenvalue weighted by Crippen LogP contribution is 2.65. The van der Waals surface area contributed by atoms with Crippen LogP contribution in [0.2, 0.25) is 0 Å². The van der Waals surface area contributed by atoms with Gasteiger partial charge in [-0.3, -0.25) is 4.79 Å². The molecule has 0 bridgehead atoms. The second kappa shape index (κ2) is 4.57. The molecular formula is C19H30O2. The molecule has 0 aromatic carbocycles. The first-order valence-corrected chi connectivity index (χ1v) is 9.15. The molecular weight excluding hydrogens is 260 g/mol. The molecule has 0 spiro atoms. The minimum atomic E-state index is -0.0677. The third-order valence-corrected chi connectivity index (χ3v) is 8.43. The molecule has 0 saturated heterocycles. The lowest BCUT2D eigenvalue weighted by Gasteiger charge is -2.60. The number of Topliss-reactive ketones (excluding diaryl/α,β-unsaturated/α-hetero) is 1. The third kappa shape index (κ3) is 1.84. The van der Waals surface area contributed by atoms with Crippen molar-refractivity contribution in [1.82, 2.24) is 0 Å². The lowest BCUT2D eigenvalue weighted by Crippen LogP contribution is -2.54. The largest absolute Gasteiger partial charge is 0.393 e. The van der Waals surface area contributed by atoms with Crippen molar-refractivity contribution in [2.24, 2.45) is 34.5 Å². The number of carbonyl (C=O) groups excluding carboxylic acids is 1. The SMILES string of the molecule is C[C@]12CCC(=O)CC1CCC1C2CC[C@@]2(C)C1CC[C@@H]2O. The molecule has 7 atom stereocenters. The number of ketones is 1. The van der Waals surface area contributed by atoms with E-state index in [9.17, 15) is 9.90 Å². The van der Waals surface area contributed by atoms with Gasteiger partial charge in [-0.2, -0.15) is 0 Å². The molecule has 4 fully saturated rings. The highest BCUT2D eigenvalue weighted by Gasteiger charge is 2.59. The number of aliphatic hydroxyl groups is 1. The van der Waals surface area contributed by atoms with Crippen molar-refractivity contribution in [2.45, 2.75) is 77.7 Å². The molecule has 4 saturated carbocycles. The number of carbonyl (C=O) groups is 1. The summed E-state index contributed by atoms with van der Waals surface area (Å²) < 4.78 is 0. The molecule has 0 aliphatic heterocycles. The van der Waals surface area contributed by atoms with Gasteiger partial charge in [-0.05, 0) is 79.4 Å². The molecule has 2 nitrogen and oxygen atoms in total. The van der Waals surface area contributed by atoms with Crippen LogP contribution in [0.3, 0.4) is 0 Å². The predicted octanol–water partition coefficient (Wildman–Crippen LogP) is 3.96. The first kappa shape index (κ1) is 14.2. The van der Waals surface area contributed by atoms with Crippen molar-refractivity contribution in [1.29, 1.82) is 0 Å². The Kier molecular flexibility index (Phi) is 3.10. The number of hydrogen-bond donors (Lipinski definition) is 1. The quantitative estimate of drug-likeness (QED) is 0.733. The normalized spacial score (nSPS) is 56.5. The van der Waals surface area contributed by atoms with Gasteiger partial charge >= 0.3 is 0 Å². The van der Waals surface area contributed by atoms with E-state index in [1.54, 1.807) is 0 Å². The Morgan fingerprint density at radius 1 is 0.952 bits per heavy atom. The van der Waals surface area contributed by atoms with Crippen LogP contribution in [-0.2, 0) is 4.79 Å². The third-order valence-electron chi connectivity index (χ3n) is 8.43. The van der Waals surface area contributed by atoms with Gasteiger partial charge in [0.05, 0.1) is 6.10 Å². The summed E-state index contributed by atoms with van der Waals surface area (Å²) in [5, 5.41) is 10.5. The zero-order valence-corrected chi connectivity index (χ0v) is 13.6. The summed E-state index contributed by atoms with van der Waals surface area (Å²) in [7, 11) is 0. The number of hydrogen-bond acceptors (Lipinski definition) is 2. The molecule has 1 N–H and O–H groups in total. The van der Waals surface area contributed by atoms with Crippen molar-refractivity contribution >= 4 is 5.78 Å². The summed E-state index contributed by atoms with van der Waals surface area (Å²) in [5.74, 6) is 3.52. The van der Waals surface area contributed by atoms with Crippen molar-refractivity contribution < 1.29 is 9.90 Å². The smallest absolute Gasteiger partial charge is 0.133 e. The summed E-state index contributed by atoms with van der Waals surface area (Å²) in [5.41, 5.74) is 0.598. The lowest BCUT2D eigenvalue weighted by atomic mass is 9.45. The molecule has 4 rings (SSSR count). The maximum atomic E-state index is 11.9. The summed E-state index contributed by atoms with van der Waals surface area (Å²) in [6.07, 6.45) is 10.0. The fourth-order valence-corrected chi connectivity index (χ4v) is 7.02. The van der Waals surface area contributed by atoms with E-state index in [0.29, 0.717) is 17.1 Å². The Hall–Kier alpha value is -0.370. The summed E-state index contributed by atoms with van der Waals surface area (Å²) in [6.45, 7) is 4.85. The van der Waals surface area contributed by atoms with Gasteiger partial charge in [0.1, 0.15) is 5.78 Å². The molecule has 0 aromatic rings. The number of aliphatic hydroxyl groups excluding tert-OH is 1. The Morgan fingerprint density at radius 3 is 2.52 bits per heavy atom. The molecule has 0 radical (unpaired) electrons. The molecule has 4 aliphatic carbocycles. The standard InChI is InChI=1S/C19H30O2/c1-18-9-7-13(20)11-12(18)3-4-14-15-5-6-17(21)19(15,2)10-8-16(14)18/h12,14-17,21H,3-11H2,1-2H3/t12?,14?,15?,16?,17-,18-,19-/m0/s1. The molecule has 4 unspecified atom stereocenters. The fourth-order valence-electron chi connectivity index (χ4n) is 7.02. The number of rotatable bonds is 0. The molecule has 4 aliphatic rings. The van der Waals surface area contributed by atoms with Gasteiger partial charge in [-0.25, -0.2) is 0 Å². The Balaban J connectivity index is 1.64. The Bertz CT molecular complexity index is 458. The average molecular weight is 290 g/mol. The summed E-state index contributed by atoms with van der Waals surface area (Å²) in [4.78, 5) is 11.9. The van der Waals surface area contributed by atoms with Crippen LogP contribution in [0, 0.1) is 34.5 Å². The minimum absolute atomic E-state index is 0.0677. The van der Waals surface area contributed by atoms with Crippen molar-refractivity contribution in [2.75, 3.05) is 0 Å². The van der Waals surface area contributed by atoms with E-state index in [0.717, 1.165) is 43.4 Å². The van der Waals surface area contributed by atoms with Gasteiger partial charge in [-0.15, -0.1) is 0 Å². The monoisotopic (exact) mass is 290 g/mol. The lowest BCUT2D eigenvalue weighted by molar-refractivity contribution is -0.141. The van der Waals surface area contributed by atoms with Gasteiger partial charge in [0.15, 0.2) is 0 Å². The Morgan fingerprint density at radius 2 is 1.71 bits per heavy atom.